The fourth-order valence-corrected chi connectivity index (χ4v) is 2.97. The van der Waals surface area contributed by atoms with Crippen LogP contribution in [0.2, 0.25) is 0 Å². The van der Waals surface area contributed by atoms with E-state index < -0.39 is 0 Å². The predicted octanol–water partition coefficient (Wildman–Crippen LogP) is 4.23. The lowest BCUT2D eigenvalue weighted by Gasteiger charge is -2.12. The monoisotopic (exact) mass is 356 g/mol. The van der Waals surface area contributed by atoms with Gasteiger partial charge in [0.1, 0.15) is 12.4 Å². The van der Waals surface area contributed by atoms with Gasteiger partial charge in [-0.15, -0.1) is 10.2 Å². The molecule has 0 radical (unpaired) electrons. The molecule has 0 fully saturated rings. The third-order valence-electron chi connectivity index (χ3n) is 4.45. The second-order valence-corrected chi connectivity index (χ2v) is 6.31. The van der Waals surface area contributed by atoms with Crippen LogP contribution in [0.15, 0.2) is 78.9 Å². The van der Waals surface area contributed by atoms with Gasteiger partial charge in [0, 0.05) is 5.56 Å². The van der Waals surface area contributed by atoms with Crippen molar-refractivity contribution in [2.24, 2.45) is 0 Å². The van der Waals surface area contributed by atoms with Gasteiger partial charge >= 0.3 is 0 Å². The van der Waals surface area contributed by atoms with Crippen molar-refractivity contribution in [1.29, 1.82) is 0 Å². The zero-order chi connectivity index (χ0) is 18.3. The van der Waals surface area contributed by atoms with E-state index >= 15 is 0 Å². The molecule has 27 heavy (non-hydrogen) atoms. The number of aryl methyl sites for hydroxylation is 2. The summed E-state index contributed by atoms with van der Waals surface area (Å²) in [5.41, 5.74) is 4.59. The zero-order valence-electron chi connectivity index (χ0n) is 14.9. The standard InChI is InChI=1S/C22H20N4O/c1-2-6-17(7-3-1)10-13-19-8-4-5-9-21(19)27-16-18-11-14-20(15-12-18)22-23-25-26-24-22/h1-9,11-12,14-15H,10,13,16H2,(H,23,24,25,26). The van der Waals surface area contributed by atoms with Gasteiger partial charge in [0.05, 0.1) is 0 Å². The summed E-state index contributed by atoms with van der Waals surface area (Å²) in [6, 6.07) is 26.8. The van der Waals surface area contributed by atoms with Gasteiger partial charge < -0.3 is 4.74 Å². The summed E-state index contributed by atoms with van der Waals surface area (Å²) < 4.78 is 6.09. The van der Waals surface area contributed by atoms with Gasteiger partial charge in [-0.05, 0) is 40.8 Å². The van der Waals surface area contributed by atoms with E-state index in [4.69, 9.17) is 4.74 Å². The number of rotatable bonds is 7. The molecule has 4 aromatic rings. The Labute approximate surface area is 158 Å². The van der Waals surface area contributed by atoms with Crippen LogP contribution >= 0.6 is 0 Å². The molecule has 5 nitrogen and oxygen atoms in total. The van der Waals surface area contributed by atoms with Crippen LogP contribution < -0.4 is 4.74 Å². The largest absolute Gasteiger partial charge is 0.489 e. The second kappa shape index (κ2) is 8.27. The minimum Gasteiger partial charge on any atom is -0.489 e. The molecule has 0 aliphatic rings. The van der Waals surface area contributed by atoms with E-state index in [1.807, 2.05) is 42.5 Å². The molecule has 0 aliphatic carbocycles. The molecule has 5 heteroatoms. The Hall–Kier alpha value is -3.47. The highest BCUT2D eigenvalue weighted by atomic mass is 16.5. The average molecular weight is 356 g/mol. The van der Waals surface area contributed by atoms with E-state index in [0.29, 0.717) is 12.4 Å². The van der Waals surface area contributed by atoms with E-state index in [9.17, 15) is 0 Å². The highest BCUT2D eigenvalue weighted by Gasteiger charge is 2.06. The molecular weight excluding hydrogens is 336 g/mol. The Kier molecular flexibility index (Phi) is 5.20. The second-order valence-electron chi connectivity index (χ2n) is 6.31. The summed E-state index contributed by atoms with van der Waals surface area (Å²) in [4.78, 5) is 0. The quantitative estimate of drug-likeness (QED) is 0.538. The van der Waals surface area contributed by atoms with Gasteiger partial charge in [-0.25, -0.2) is 0 Å². The number of ether oxygens (including phenoxy) is 1. The Bertz CT molecular complexity index is 967. The lowest BCUT2D eigenvalue weighted by molar-refractivity contribution is 0.303. The van der Waals surface area contributed by atoms with Gasteiger partial charge in [0.15, 0.2) is 0 Å². The molecule has 3 aromatic carbocycles. The molecule has 0 aliphatic heterocycles. The van der Waals surface area contributed by atoms with Crippen molar-refractivity contribution < 1.29 is 4.74 Å². The first kappa shape index (κ1) is 17.0. The predicted molar refractivity (Wildman–Crippen MR) is 104 cm³/mol. The van der Waals surface area contributed by atoms with Crippen LogP contribution in [0.3, 0.4) is 0 Å². The van der Waals surface area contributed by atoms with Crippen LogP contribution in [0.4, 0.5) is 0 Å². The maximum absolute atomic E-state index is 6.09. The molecular formula is C22H20N4O. The summed E-state index contributed by atoms with van der Waals surface area (Å²) in [7, 11) is 0. The number of nitrogens with one attached hydrogen (secondary N) is 1. The summed E-state index contributed by atoms with van der Waals surface area (Å²) in [6.45, 7) is 0.523. The van der Waals surface area contributed by atoms with Crippen molar-refractivity contribution in [3.63, 3.8) is 0 Å². The molecule has 0 saturated heterocycles. The van der Waals surface area contributed by atoms with E-state index in [0.717, 1.165) is 29.7 Å². The van der Waals surface area contributed by atoms with Gasteiger partial charge in [-0.1, -0.05) is 72.8 Å². The Balaban J connectivity index is 1.39. The number of aromatic amines is 1. The van der Waals surface area contributed by atoms with E-state index in [1.54, 1.807) is 0 Å². The van der Waals surface area contributed by atoms with Crippen LogP contribution in [0.5, 0.6) is 5.75 Å². The number of aromatic nitrogens is 4. The lowest BCUT2D eigenvalue weighted by atomic mass is 10.0. The smallest absolute Gasteiger partial charge is 0.204 e. The molecule has 0 saturated carbocycles. The number of hydrogen-bond donors (Lipinski definition) is 1. The number of benzene rings is 3. The first-order valence-corrected chi connectivity index (χ1v) is 8.96. The highest BCUT2D eigenvalue weighted by Crippen LogP contribution is 2.22. The minimum atomic E-state index is 0.523. The van der Waals surface area contributed by atoms with Crippen molar-refractivity contribution in [1.82, 2.24) is 20.6 Å². The van der Waals surface area contributed by atoms with Crippen molar-refractivity contribution in [2.45, 2.75) is 19.4 Å². The molecule has 0 atom stereocenters. The first-order chi connectivity index (χ1) is 13.4. The molecule has 1 N–H and O–H groups in total. The van der Waals surface area contributed by atoms with Crippen LogP contribution in [0, 0.1) is 0 Å². The summed E-state index contributed by atoms with van der Waals surface area (Å²) >= 11 is 0. The fourth-order valence-electron chi connectivity index (χ4n) is 2.97. The summed E-state index contributed by atoms with van der Waals surface area (Å²) in [6.07, 6.45) is 1.96. The third kappa shape index (κ3) is 4.39. The Morgan fingerprint density at radius 3 is 2.30 bits per heavy atom. The SMILES string of the molecule is c1ccc(CCc2ccccc2OCc2ccc(-c3nn[nH]n3)cc2)cc1. The molecule has 0 unspecified atom stereocenters. The van der Waals surface area contributed by atoms with Gasteiger partial charge in [0.25, 0.3) is 0 Å². The average Bonchev–Trinajstić information content (AvgIpc) is 3.27. The number of H-pyrrole nitrogens is 1. The summed E-state index contributed by atoms with van der Waals surface area (Å²) in [5.74, 6) is 1.53. The molecule has 0 amide bonds. The minimum absolute atomic E-state index is 0.523. The Morgan fingerprint density at radius 1 is 0.741 bits per heavy atom. The van der Waals surface area contributed by atoms with Gasteiger partial charge in [-0.3, -0.25) is 0 Å². The number of para-hydroxylation sites is 1. The topological polar surface area (TPSA) is 63.7 Å². The molecule has 0 bridgehead atoms. The van der Waals surface area contributed by atoms with Crippen LogP contribution in [0.1, 0.15) is 16.7 Å². The van der Waals surface area contributed by atoms with Gasteiger partial charge in [0.2, 0.25) is 5.82 Å². The fraction of sp³-hybridized carbons (Fsp3) is 0.136. The number of tetrazole rings is 1. The Morgan fingerprint density at radius 2 is 1.52 bits per heavy atom. The van der Waals surface area contributed by atoms with E-state index in [-0.39, 0.29) is 0 Å². The normalized spacial score (nSPS) is 10.7. The molecule has 1 heterocycles. The first-order valence-electron chi connectivity index (χ1n) is 8.96. The summed E-state index contributed by atoms with van der Waals surface area (Å²) in [5, 5.41) is 14.0. The van der Waals surface area contributed by atoms with E-state index in [2.05, 4.69) is 57.0 Å². The van der Waals surface area contributed by atoms with Crippen molar-refractivity contribution in [3.8, 4) is 17.1 Å². The third-order valence-corrected chi connectivity index (χ3v) is 4.45. The van der Waals surface area contributed by atoms with Crippen molar-refractivity contribution in [3.05, 3.63) is 95.6 Å². The highest BCUT2D eigenvalue weighted by molar-refractivity contribution is 5.54. The maximum atomic E-state index is 6.09. The molecule has 1 aromatic heterocycles. The van der Waals surface area contributed by atoms with Crippen molar-refractivity contribution in [2.75, 3.05) is 0 Å². The van der Waals surface area contributed by atoms with Crippen LogP contribution in [-0.2, 0) is 19.4 Å². The maximum Gasteiger partial charge on any atom is 0.204 e. The van der Waals surface area contributed by atoms with Gasteiger partial charge in [-0.2, -0.15) is 5.21 Å². The van der Waals surface area contributed by atoms with Crippen LogP contribution in [-0.4, -0.2) is 20.6 Å². The number of hydrogen-bond acceptors (Lipinski definition) is 4. The number of nitrogens with zero attached hydrogens (tertiary/aromatic N) is 3. The zero-order valence-corrected chi connectivity index (χ0v) is 14.9. The molecule has 4 rings (SSSR count). The molecule has 0 spiro atoms. The van der Waals surface area contributed by atoms with Crippen LogP contribution in [0.25, 0.3) is 11.4 Å². The molecule has 134 valence electrons. The lowest BCUT2D eigenvalue weighted by Crippen LogP contribution is -2.00. The van der Waals surface area contributed by atoms with Crippen molar-refractivity contribution >= 4 is 0 Å². The van der Waals surface area contributed by atoms with E-state index in [1.165, 1.54) is 11.1 Å².